The van der Waals surface area contributed by atoms with E-state index in [0.29, 0.717) is 0 Å². The van der Waals surface area contributed by atoms with Crippen molar-refractivity contribution in [2.45, 2.75) is 0 Å². The lowest BCUT2D eigenvalue weighted by Gasteiger charge is -2.12. The average molecular weight is 457 g/mol. The van der Waals surface area contributed by atoms with Gasteiger partial charge in [-0.3, -0.25) is 0 Å². The molecule has 0 heteroatoms. The molecular formula is C36H24. The predicted molar refractivity (Wildman–Crippen MR) is 156 cm³/mol. The van der Waals surface area contributed by atoms with E-state index in [9.17, 15) is 0 Å². The van der Waals surface area contributed by atoms with Crippen LogP contribution in [0.4, 0.5) is 0 Å². The minimum absolute atomic E-state index is 1.21. The number of rotatable bonds is 2. The first-order chi connectivity index (χ1) is 17.8. The van der Waals surface area contributed by atoms with Crippen molar-refractivity contribution < 1.29 is 0 Å². The lowest BCUT2D eigenvalue weighted by Crippen LogP contribution is -2.15. The lowest BCUT2D eigenvalue weighted by molar-refractivity contribution is 1.63. The third kappa shape index (κ3) is 3.56. The Hall–Kier alpha value is -4.68. The van der Waals surface area contributed by atoms with Gasteiger partial charge in [0.1, 0.15) is 0 Å². The third-order valence-corrected chi connectivity index (χ3v) is 7.15. The first kappa shape index (κ1) is 20.7. The minimum atomic E-state index is 1.21. The zero-order valence-corrected chi connectivity index (χ0v) is 19.9. The highest BCUT2D eigenvalue weighted by Gasteiger charge is 2.10. The van der Waals surface area contributed by atoms with Crippen molar-refractivity contribution in [1.29, 1.82) is 0 Å². The highest BCUT2D eigenvalue weighted by molar-refractivity contribution is 6.10. The van der Waals surface area contributed by atoms with Crippen molar-refractivity contribution in [2.75, 3.05) is 0 Å². The summed E-state index contributed by atoms with van der Waals surface area (Å²) in [6, 6.07) is 48.2. The van der Waals surface area contributed by atoms with Gasteiger partial charge in [-0.05, 0) is 101 Å². The predicted octanol–water partition coefficient (Wildman–Crippen LogP) is 7.96. The van der Waals surface area contributed by atoms with E-state index in [1.807, 2.05) is 0 Å². The third-order valence-electron chi connectivity index (χ3n) is 7.15. The van der Waals surface area contributed by atoms with Gasteiger partial charge < -0.3 is 0 Å². The van der Waals surface area contributed by atoms with Gasteiger partial charge in [-0.1, -0.05) is 109 Å². The quantitative estimate of drug-likeness (QED) is 0.232. The van der Waals surface area contributed by atoms with Crippen LogP contribution in [-0.4, -0.2) is 0 Å². The maximum absolute atomic E-state index is 2.37. The summed E-state index contributed by atoms with van der Waals surface area (Å²) < 4.78 is 0. The van der Waals surface area contributed by atoms with Gasteiger partial charge in [0.15, 0.2) is 0 Å². The van der Waals surface area contributed by atoms with Crippen molar-refractivity contribution in [3.8, 4) is 0 Å². The maximum atomic E-state index is 2.37. The van der Waals surface area contributed by atoms with Crippen molar-refractivity contribution in [3.05, 3.63) is 155 Å². The molecule has 0 aliphatic heterocycles. The molecule has 0 bridgehead atoms. The Labute approximate surface area is 210 Å². The number of fused-ring (bicyclic) bond motifs is 4. The molecule has 0 radical (unpaired) electrons. The Morgan fingerprint density at radius 1 is 0.306 bits per heavy atom. The molecule has 0 N–H and O–H groups in total. The Morgan fingerprint density at radius 3 is 0.889 bits per heavy atom. The first-order valence-corrected chi connectivity index (χ1v) is 12.4. The van der Waals surface area contributed by atoms with E-state index in [4.69, 9.17) is 0 Å². The minimum Gasteiger partial charge on any atom is -0.0622 e. The molecular weight excluding hydrogens is 432 g/mol. The topological polar surface area (TPSA) is 0 Å². The largest absolute Gasteiger partial charge is 0.0622 e. The van der Waals surface area contributed by atoms with Crippen molar-refractivity contribution in [2.24, 2.45) is 0 Å². The Morgan fingerprint density at radius 2 is 0.583 bits per heavy atom. The summed E-state index contributed by atoms with van der Waals surface area (Å²) in [6.07, 6.45) is 4.70. The summed E-state index contributed by atoms with van der Waals surface area (Å²) in [5.74, 6) is 0. The summed E-state index contributed by atoms with van der Waals surface area (Å²) in [7, 11) is 0. The van der Waals surface area contributed by atoms with Crippen LogP contribution in [0.1, 0.15) is 11.1 Å². The van der Waals surface area contributed by atoms with Crippen LogP contribution >= 0.6 is 0 Å². The van der Waals surface area contributed by atoms with Crippen LogP contribution in [-0.2, 0) is 0 Å². The molecule has 0 saturated carbocycles. The second-order valence-electron chi connectivity index (χ2n) is 9.43. The van der Waals surface area contributed by atoms with Gasteiger partial charge >= 0.3 is 0 Å². The van der Waals surface area contributed by atoms with Gasteiger partial charge in [0.05, 0.1) is 0 Å². The van der Waals surface area contributed by atoms with Crippen LogP contribution < -0.4 is 10.4 Å². The molecule has 0 nitrogen and oxygen atoms in total. The molecule has 168 valence electrons. The average Bonchev–Trinajstić information content (AvgIpc) is 2.94. The standard InChI is InChI=1S/C36H24/c1-3-11-25(12-4-1)19-31-33-21-27-15-7-9-17-29(27)23-35(33)32(20-26-13-5-2-6-14-26)36-24-30-18-10-8-16-28(30)22-34(31)36/h1-24H. The molecule has 0 atom stereocenters. The fourth-order valence-electron chi connectivity index (χ4n) is 5.40. The normalized spacial score (nSPS) is 11.3. The van der Waals surface area contributed by atoms with Crippen molar-refractivity contribution in [3.63, 3.8) is 0 Å². The van der Waals surface area contributed by atoms with E-state index in [-0.39, 0.29) is 0 Å². The second kappa shape index (κ2) is 8.52. The van der Waals surface area contributed by atoms with Gasteiger partial charge in [-0.2, -0.15) is 0 Å². The van der Waals surface area contributed by atoms with E-state index < -0.39 is 0 Å². The smallest absolute Gasteiger partial charge is 0.00923 e. The first-order valence-electron chi connectivity index (χ1n) is 12.4. The number of benzene rings is 7. The lowest BCUT2D eigenvalue weighted by atomic mass is 9.92. The van der Waals surface area contributed by atoms with Gasteiger partial charge in [0, 0.05) is 0 Å². The monoisotopic (exact) mass is 456 g/mol. The molecule has 0 aromatic heterocycles. The summed E-state index contributed by atoms with van der Waals surface area (Å²) in [6.45, 7) is 0. The maximum Gasteiger partial charge on any atom is -0.00923 e. The summed E-state index contributed by atoms with van der Waals surface area (Å²) >= 11 is 0. The SMILES string of the molecule is C(c1ccccc1)=c1c2cc3ccccc3cc2c(=Cc2ccccc2)c2cc3ccccc3cc12. The molecule has 0 amide bonds. The zero-order valence-electron chi connectivity index (χ0n) is 19.9. The van der Waals surface area contributed by atoms with E-state index in [0.717, 1.165) is 0 Å². The molecule has 0 unspecified atom stereocenters. The van der Waals surface area contributed by atoms with Gasteiger partial charge in [-0.25, -0.2) is 0 Å². The molecule has 0 aliphatic rings. The van der Waals surface area contributed by atoms with Gasteiger partial charge in [-0.15, -0.1) is 0 Å². The molecule has 0 spiro atoms. The highest BCUT2D eigenvalue weighted by Crippen LogP contribution is 2.25. The van der Waals surface area contributed by atoms with Crippen LogP contribution in [0.15, 0.2) is 133 Å². The molecule has 36 heavy (non-hydrogen) atoms. The molecule has 7 rings (SSSR count). The Bertz CT molecular complexity index is 1760. The zero-order chi connectivity index (χ0) is 23.9. The molecule has 0 saturated heterocycles. The van der Waals surface area contributed by atoms with Crippen LogP contribution in [0.25, 0.3) is 55.2 Å². The summed E-state index contributed by atoms with van der Waals surface area (Å²) in [4.78, 5) is 0. The number of hydrogen-bond donors (Lipinski definition) is 0. The second-order valence-corrected chi connectivity index (χ2v) is 9.43. The summed E-state index contributed by atoms with van der Waals surface area (Å²) in [5, 5.41) is 12.7. The number of hydrogen-bond acceptors (Lipinski definition) is 0. The van der Waals surface area contributed by atoms with Crippen LogP contribution in [0, 0.1) is 0 Å². The molecule has 0 heterocycles. The van der Waals surface area contributed by atoms with Crippen LogP contribution in [0.2, 0.25) is 0 Å². The van der Waals surface area contributed by atoms with Crippen LogP contribution in [0.3, 0.4) is 0 Å². The Balaban J connectivity index is 1.77. The molecule has 0 fully saturated rings. The fourth-order valence-corrected chi connectivity index (χ4v) is 5.40. The van der Waals surface area contributed by atoms with Crippen molar-refractivity contribution >= 4 is 55.2 Å². The summed E-state index contributed by atoms with van der Waals surface area (Å²) in [5.41, 5.74) is 2.42. The highest BCUT2D eigenvalue weighted by atomic mass is 14.1. The molecule has 7 aromatic carbocycles. The van der Waals surface area contributed by atoms with E-state index in [1.165, 1.54) is 64.7 Å². The van der Waals surface area contributed by atoms with Gasteiger partial charge in [0.25, 0.3) is 0 Å². The van der Waals surface area contributed by atoms with E-state index in [2.05, 4.69) is 146 Å². The molecule has 0 aliphatic carbocycles. The van der Waals surface area contributed by atoms with Crippen LogP contribution in [0.5, 0.6) is 0 Å². The molecule has 7 aromatic rings. The fraction of sp³-hybridized carbons (Fsp3) is 0. The van der Waals surface area contributed by atoms with Gasteiger partial charge in [0.2, 0.25) is 0 Å². The van der Waals surface area contributed by atoms with E-state index in [1.54, 1.807) is 0 Å². The Kier molecular flexibility index (Phi) is 4.89. The van der Waals surface area contributed by atoms with Crippen molar-refractivity contribution in [1.82, 2.24) is 0 Å². The van der Waals surface area contributed by atoms with E-state index >= 15 is 0 Å².